The summed E-state index contributed by atoms with van der Waals surface area (Å²) >= 11 is 3.32. The molecule has 4 heteroatoms. The van der Waals surface area contributed by atoms with Crippen molar-refractivity contribution in [1.82, 2.24) is 4.90 Å². The van der Waals surface area contributed by atoms with E-state index in [1.165, 1.54) is 4.90 Å². The number of carbonyl (C=O) groups excluding carboxylic acids is 1. The number of carbonyl (C=O) groups is 1. The van der Waals surface area contributed by atoms with Crippen LogP contribution in [-0.4, -0.2) is 35.1 Å². The van der Waals surface area contributed by atoms with E-state index in [1.807, 2.05) is 12.1 Å². The highest BCUT2D eigenvalue weighted by Gasteiger charge is 2.20. The number of rotatable bonds is 3. The Bertz CT molecular complexity index is 385. The molecule has 0 saturated carbocycles. The molecule has 1 N–H and O–H groups in total. The molecule has 1 amide bonds. The lowest BCUT2D eigenvalue weighted by atomic mass is 10.1. The van der Waals surface area contributed by atoms with E-state index in [9.17, 15) is 9.90 Å². The van der Waals surface area contributed by atoms with Gasteiger partial charge in [0.05, 0.1) is 5.60 Å². The minimum atomic E-state index is -0.879. The van der Waals surface area contributed by atoms with Gasteiger partial charge in [0.25, 0.3) is 5.91 Å². The summed E-state index contributed by atoms with van der Waals surface area (Å²) in [5.41, 5.74) is -0.266. The van der Waals surface area contributed by atoms with Crippen LogP contribution in [0.3, 0.4) is 0 Å². The van der Waals surface area contributed by atoms with Gasteiger partial charge >= 0.3 is 0 Å². The van der Waals surface area contributed by atoms with Gasteiger partial charge in [-0.1, -0.05) is 22.0 Å². The molecular formula is C12H16BrNO2. The van der Waals surface area contributed by atoms with Crippen LogP contribution in [0, 0.1) is 0 Å². The number of aliphatic hydroxyl groups is 1. The molecule has 0 atom stereocenters. The molecule has 0 heterocycles. The number of amides is 1. The zero-order valence-corrected chi connectivity index (χ0v) is 11.3. The molecule has 88 valence electrons. The van der Waals surface area contributed by atoms with Gasteiger partial charge in [0.1, 0.15) is 0 Å². The number of hydrogen-bond acceptors (Lipinski definition) is 2. The van der Waals surface area contributed by atoms with Gasteiger partial charge in [-0.05, 0) is 32.0 Å². The average Bonchev–Trinajstić information content (AvgIpc) is 2.14. The predicted molar refractivity (Wildman–Crippen MR) is 67.4 cm³/mol. The van der Waals surface area contributed by atoms with Crippen molar-refractivity contribution in [2.75, 3.05) is 13.6 Å². The van der Waals surface area contributed by atoms with Crippen molar-refractivity contribution in [2.24, 2.45) is 0 Å². The summed E-state index contributed by atoms with van der Waals surface area (Å²) in [5.74, 6) is -0.0941. The molecule has 0 radical (unpaired) electrons. The Kier molecular flexibility index (Phi) is 4.10. The van der Waals surface area contributed by atoms with Crippen molar-refractivity contribution in [3.05, 3.63) is 34.3 Å². The Morgan fingerprint density at radius 1 is 1.50 bits per heavy atom. The fourth-order valence-electron chi connectivity index (χ4n) is 1.49. The SMILES string of the molecule is CN(CC(C)(C)O)C(=O)c1cccc(Br)c1. The Morgan fingerprint density at radius 3 is 2.62 bits per heavy atom. The van der Waals surface area contributed by atoms with E-state index in [0.29, 0.717) is 12.1 Å². The third kappa shape index (κ3) is 3.94. The van der Waals surface area contributed by atoms with Gasteiger partial charge in [0.15, 0.2) is 0 Å². The molecule has 0 bridgehead atoms. The van der Waals surface area contributed by atoms with E-state index < -0.39 is 5.60 Å². The van der Waals surface area contributed by atoms with Crippen LogP contribution in [0.2, 0.25) is 0 Å². The fraction of sp³-hybridized carbons (Fsp3) is 0.417. The minimum Gasteiger partial charge on any atom is -0.389 e. The number of halogens is 1. The number of likely N-dealkylation sites (N-methyl/N-ethyl adjacent to an activating group) is 1. The van der Waals surface area contributed by atoms with Crippen LogP contribution >= 0.6 is 15.9 Å². The molecule has 0 aliphatic heterocycles. The lowest BCUT2D eigenvalue weighted by molar-refractivity contribution is 0.0368. The topological polar surface area (TPSA) is 40.5 Å². The van der Waals surface area contributed by atoms with Crippen LogP contribution < -0.4 is 0 Å². The quantitative estimate of drug-likeness (QED) is 0.926. The fourth-order valence-corrected chi connectivity index (χ4v) is 1.89. The normalized spacial score (nSPS) is 11.3. The van der Waals surface area contributed by atoms with E-state index in [-0.39, 0.29) is 5.91 Å². The van der Waals surface area contributed by atoms with Crippen LogP contribution in [0.1, 0.15) is 24.2 Å². The Hall–Kier alpha value is -0.870. The first-order valence-corrected chi connectivity index (χ1v) is 5.82. The van der Waals surface area contributed by atoms with Crippen LogP contribution in [0.5, 0.6) is 0 Å². The summed E-state index contributed by atoms with van der Waals surface area (Å²) < 4.78 is 0.870. The lowest BCUT2D eigenvalue weighted by Crippen LogP contribution is -2.39. The van der Waals surface area contributed by atoms with Gasteiger partial charge in [0, 0.05) is 23.6 Å². The second-order valence-electron chi connectivity index (χ2n) is 4.48. The van der Waals surface area contributed by atoms with Crippen LogP contribution in [0.15, 0.2) is 28.7 Å². The zero-order chi connectivity index (χ0) is 12.3. The monoisotopic (exact) mass is 285 g/mol. The second-order valence-corrected chi connectivity index (χ2v) is 5.40. The summed E-state index contributed by atoms with van der Waals surface area (Å²) in [7, 11) is 1.68. The lowest BCUT2D eigenvalue weighted by Gasteiger charge is -2.25. The van der Waals surface area contributed by atoms with E-state index in [1.54, 1.807) is 33.0 Å². The molecule has 3 nitrogen and oxygen atoms in total. The zero-order valence-electron chi connectivity index (χ0n) is 9.70. The Labute approximate surface area is 104 Å². The largest absolute Gasteiger partial charge is 0.389 e. The molecule has 0 aliphatic carbocycles. The highest BCUT2D eigenvalue weighted by atomic mass is 79.9. The van der Waals surface area contributed by atoms with Gasteiger partial charge in [-0.15, -0.1) is 0 Å². The summed E-state index contributed by atoms with van der Waals surface area (Å²) in [6.07, 6.45) is 0. The summed E-state index contributed by atoms with van der Waals surface area (Å²) in [6, 6.07) is 7.21. The van der Waals surface area contributed by atoms with Crippen molar-refractivity contribution in [3.8, 4) is 0 Å². The molecular weight excluding hydrogens is 270 g/mol. The maximum atomic E-state index is 12.0. The van der Waals surface area contributed by atoms with Crippen molar-refractivity contribution in [3.63, 3.8) is 0 Å². The van der Waals surface area contributed by atoms with E-state index in [4.69, 9.17) is 0 Å². The Morgan fingerprint density at radius 2 is 2.12 bits per heavy atom. The van der Waals surface area contributed by atoms with Gasteiger partial charge in [-0.25, -0.2) is 0 Å². The standard InChI is InChI=1S/C12H16BrNO2/c1-12(2,16)8-14(3)11(15)9-5-4-6-10(13)7-9/h4-7,16H,8H2,1-3H3. The van der Waals surface area contributed by atoms with E-state index in [2.05, 4.69) is 15.9 Å². The molecule has 16 heavy (non-hydrogen) atoms. The van der Waals surface area contributed by atoms with Crippen LogP contribution in [-0.2, 0) is 0 Å². The first kappa shape index (κ1) is 13.2. The second kappa shape index (κ2) is 4.97. The van der Waals surface area contributed by atoms with Gasteiger partial charge in [0.2, 0.25) is 0 Å². The third-order valence-electron chi connectivity index (χ3n) is 2.04. The molecule has 1 aromatic rings. The predicted octanol–water partition coefficient (Wildman–Crippen LogP) is 2.29. The van der Waals surface area contributed by atoms with E-state index in [0.717, 1.165) is 4.47 Å². The number of benzene rings is 1. The van der Waals surface area contributed by atoms with Crippen molar-refractivity contribution in [2.45, 2.75) is 19.4 Å². The molecule has 0 spiro atoms. The first-order chi connectivity index (χ1) is 7.29. The van der Waals surface area contributed by atoms with Crippen molar-refractivity contribution in [1.29, 1.82) is 0 Å². The summed E-state index contributed by atoms with van der Waals surface area (Å²) in [4.78, 5) is 13.5. The molecule has 1 aromatic carbocycles. The highest BCUT2D eigenvalue weighted by Crippen LogP contribution is 2.14. The molecule has 0 unspecified atom stereocenters. The van der Waals surface area contributed by atoms with Crippen molar-refractivity contribution < 1.29 is 9.90 Å². The van der Waals surface area contributed by atoms with E-state index >= 15 is 0 Å². The van der Waals surface area contributed by atoms with Crippen LogP contribution in [0.4, 0.5) is 0 Å². The third-order valence-corrected chi connectivity index (χ3v) is 2.54. The highest BCUT2D eigenvalue weighted by molar-refractivity contribution is 9.10. The van der Waals surface area contributed by atoms with Crippen molar-refractivity contribution >= 4 is 21.8 Å². The summed E-state index contributed by atoms with van der Waals surface area (Å²) in [5, 5.41) is 9.64. The maximum absolute atomic E-state index is 12.0. The van der Waals surface area contributed by atoms with Crippen LogP contribution in [0.25, 0.3) is 0 Å². The first-order valence-electron chi connectivity index (χ1n) is 5.03. The minimum absolute atomic E-state index is 0.0941. The van der Waals surface area contributed by atoms with Gasteiger partial charge in [-0.2, -0.15) is 0 Å². The maximum Gasteiger partial charge on any atom is 0.253 e. The molecule has 0 aliphatic rings. The molecule has 0 aromatic heterocycles. The Balaban J connectivity index is 2.78. The number of hydrogen-bond donors (Lipinski definition) is 1. The average molecular weight is 286 g/mol. The van der Waals surface area contributed by atoms with Gasteiger partial charge < -0.3 is 10.0 Å². The molecule has 1 rings (SSSR count). The summed E-state index contributed by atoms with van der Waals surface area (Å²) in [6.45, 7) is 3.66. The number of nitrogens with zero attached hydrogens (tertiary/aromatic N) is 1. The smallest absolute Gasteiger partial charge is 0.253 e. The molecule has 0 fully saturated rings. The molecule has 0 saturated heterocycles. The van der Waals surface area contributed by atoms with Gasteiger partial charge in [-0.3, -0.25) is 4.79 Å².